The number of hydrogen-bond donors (Lipinski definition) is 2. The summed E-state index contributed by atoms with van der Waals surface area (Å²) in [5, 5.41) is 2.72. The van der Waals surface area contributed by atoms with Gasteiger partial charge in [-0.15, -0.1) is 0 Å². The summed E-state index contributed by atoms with van der Waals surface area (Å²) in [7, 11) is -3.67. The first kappa shape index (κ1) is 26.2. The number of piperidine rings is 1. The summed E-state index contributed by atoms with van der Waals surface area (Å²) in [5.41, 5.74) is -0.0895. The van der Waals surface area contributed by atoms with Crippen LogP contribution in [-0.4, -0.2) is 38.7 Å². The van der Waals surface area contributed by atoms with Gasteiger partial charge in [0.05, 0.1) is 17.9 Å². The molecule has 1 spiro atoms. The van der Waals surface area contributed by atoms with E-state index in [-0.39, 0.29) is 18.1 Å². The van der Waals surface area contributed by atoms with E-state index in [1.165, 1.54) is 18.2 Å². The number of anilines is 2. The molecule has 2 heterocycles. The maximum atomic E-state index is 14.3. The third-order valence-corrected chi connectivity index (χ3v) is 7.55. The molecule has 0 radical (unpaired) electrons. The number of hydrogen-bond acceptors (Lipinski definition) is 5. The number of nitrogens with zero attached hydrogens (tertiary/aromatic N) is 2. The summed E-state index contributed by atoms with van der Waals surface area (Å²) in [6.45, 7) is 2.73. The Labute approximate surface area is 207 Å². The molecule has 0 bridgehead atoms. The SMILES string of the molecule is CC(C(=O)NCc1ccc(C(F)(F)F)nc1N1CCC2(CC1)CC2)c1ccc(NS(C)(=O)=O)c(F)c1. The smallest absolute Gasteiger partial charge is 0.356 e. The summed E-state index contributed by atoms with van der Waals surface area (Å²) < 4.78 is 79.1. The van der Waals surface area contributed by atoms with Crippen molar-refractivity contribution < 1.29 is 30.8 Å². The molecule has 1 aromatic carbocycles. The lowest BCUT2D eigenvalue weighted by atomic mass is 9.93. The van der Waals surface area contributed by atoms with E-state index in [2.05, 4.69) is 15.0 Å². The summed E-state index contributed by atoms with van der Waals surface area (Å²) in [6, 6.07) is 5.99. The molecule has 2 fully saturated rings. The number of aromatic nitrogens is 1. The van der Waals surface area contributed by atoms with Crippen LogP contribution >= 0.6 is 0 Å². The fraction of sp³-hybridized carbons (Fsp3) is 0.500. The Morgan fingerprint density at radius 2 is 1.81 bits per heavy atom. The van der Waals surface area contributed by atoms with Crippen molar-refractivity contribution in [2.24, 2.45) is 5.41 Å². The Hall–Kier alpha value is -2.89. The molecule has 12 heteroatoms. The summed E-state index contributed by atoms with van der Waals surface area (Å²) >= 11 is 0. The van der Waals surface area contributed by atoms with Crippen LogP contribution in [0, 0.1) is 11.2 Å². The van der Waals surface area contributed by atoms with E-state index in [9.17, 15) is 30.8 Å². The molecule has 1 aliphatic carbocycles. The second-order valence-electron chi connectivity index (χ2n) is 9.72. The van der Waals surface area contributed by atoms with Crippen LogP contribution in [0.3, 0.4) is 0 Å². The minimum atomic E-state index is -4.58. The zero-order chi connectivity index (χ0) is 26.3. The second-order valence-corrected chi connectivity index (χ2v) is 11.5. The molecule has 1 aromatic heterocycles. The maximum Gasteiger partial charge on any atom is 0.433 e. The van der Waals surface area contributed by atoms with Crippen molar-refractivity contribution in [1.82, 2.24) is 10.3 Å². The minimum absolute atomic E-state index is 0.0402. The number of halogens is 4. The van der Waals surface area contributed by atoms with Gasteiger partial charge in [0.15, 0.2) is 0 Å². The molecule has 2 N–H and O–H groups in total. The van der Waals surface area contributed by atoms with Crippen LogP contribution < -0.4 is 14.9 Å². The van der Waals surface area contributed by atoms with Gasteiger partial charge in [-0.2, -0.15) is 13.2 Å². The largest absolute Gasteiger partial charge is 0.433 e. The van der Waals surface area contributed by atoms with E-state index < -0.39 is 39.5 Å². The minimum Gasteiger partial charge on any atom is -0.356 e. The Morgan fingerprint density at radius 3 is 2.36 bits per heavy atom. The molecule has 1 amide bonds. The first-order valence-corrected chi connectivity index (χ1v) is 13.5. The molecule has 2 aromatic rings. The van der Waals surface area contributed by atoms with Crippen LogP contribution in [0.4, 0.5) is 29.1 Å². The van der Waals surface area contributed by atoms with Crippen LogP contribution in [0.1, 0.15) is 55.3 Å². The van der Waals surface area contributed by atoms with Crippen molar-refractivity contribution in [2.45, 2.75) is 51.2 Å². The fourth-order valence-electron chi connectivity index (χ4n) is 4.49. The third kappa shape index (κ3) is 6.08. The molecular weight excluding hydrogens is 500 g/mol. The number of rotatable bonds is 7. The van der Waals surface area contributed by atoms with E-state index in [0.29, 0.717) is 29.6 Å². The molecule has 196 valence electrons. The van der Waals surface area contributed by atoms with Gasteiger partial charge in [0.2, 0.25) is 15.9 Å². The molecule has 36 heavy (non-hydrogen) atoms. The number of benzene rings is 1. The maximum absolute atomic E-state index is 14.3. The first-order chi connectivity index (χ1) is 16.8. The lowest BCUT2D eigenvalue weighted by molar-refractivity contribution is -0.141. The van der Waals surface area contributed by atoms with Gasteiger partial charge in [-0.25, -0.2) is 17.8 Å². The van der Waals surface area contributed by atoms with Crippen molar-refractivity contribution in [3.8, 4) is 0 Å². The number of nitrogens with one attached hydrogen (secondary N) is 2. The third-order valence-electron chi connectivity index (χ3n) is 6.96. The standard InChI is InChI=1S/C24H28F4N4O3S/c1-15(16-3-5-19(18(25)13-16)31-36(2,34)35)22(33)29-14-17-4-6-20(24(26,27)28)30-21(17)32-11-9-23(7-8-23)10-12-32/h3-6,13,15,31H,7-12,14H2,1-2H3,(H,29,33). The zero-order valence-electron chi connectivity index (χ0n) is 20.0. The Morgan fingerprint density at radius 1 is 1.14 bits per heavy atom. The highest BCUT2D eigenvalue weighted by Crippen LogP contribution is 2.54. The Kier molecular flexibility index (Phi) is 6.93. The van der Waals surface area contributed by atoms with Gasteiger partial charge >= 0.3 is 6.18 Å². The highest BCUT2D eigenvalue weighted by atomic mass is 32.2. The van der Waals surface area contributed by atoms with E-state index in [4.69, 9.17) is 0 Å². The topological polar surface area (TPSA) is 91.4 Å². The first-order valence-electron chi connectivity index (χ1n) is 11.6. The lowest BCUT2D eigenvalue weighted by Crippen LogP contribution is -2.37. The van der Waals surface area contributed by atoms with Gasteiger partial charge in [0, 0.05) is 25.2 Å². The molecule has 1 saturated heterocycles. The number of pyridine rings is 1. The molecule has 2 aliphatic rings. The number of carbonyl (C=O) groups is 1. The summed E-state index contributed by atoms with van der Waals surface area (Å²) in [4.78, 5) is 18.6. The fourth-order valence-corrected chi connectivity index (χ4v) is 5.05. The normalized spacial score (nSPS) is 18.1. The number of amides is 1. The summed E-state index contributed by atoms with van der Waals surface area (Å²) in [6.07, 6.45) is 0.440. The van der Waals surface area contributed by atoms with Crippen LogP contribution in [-0.2, 0) is 27.5 Å². The average molecular weight is 529 g/mol. The van der Waals surface area contributed by atoms with Crippen LogP contribution in [0.5, 0.6) is 0 Å². The molecular formula is C24H28F4N4O3S. The van der Waals surface area contributed by atoms with Gasteiger partial charge in [-0.05, 0) is 61.8 Å². The van der Waals surface area contributed by atoms with E-state index >= 15 is 0 Å². The quantitative estimate of drug-likeness (QED) is 0.520. The van der Waals surface area contributed by atoms with E-state index in [1.54, 1.807) is 6.92 Å². The van der Waals surface area contributed by atoms with Gasteiger partial charge in [-0.3, -0.25) is 9.52 Å². The van der Waals surface area contributed by atoms with E-state index in [1.807, 2.05) is 4.90 Å². The predicted molar refractivity (Wildman–Crippen MR) is 127 cm³/mol. The molecule has 4 rings (SSSR count). The van der Waals surface area contributed by atoms with E-state index in [0.717, 1.165) is 44.1 Å². The molecule has 1 atom stereocenters. The van der Waals surface area contributed by atoms with Crippen molar-refractivity contribution in [3.05, 3.63) is 53.0 Å². The van der Waals surface area contributed by atoms with Crippen molar-refractivity contribution in [3.63, 3.8) is 0 Å². The molecule has 1 aliphatic heterocycles. The predicted octanol–water partition coefficient (Wildman–Crippen LogP) is 4.41. The van der Waals surface area contributed by atoms with Crippen LogP contribution in [0.15, 0.2) is 30.3 Å². The number of carbonyl (C=O) groups excluding carboxylic acids is 1. The molecule has 7 nitrogen and oxygen atoms in total. The summed E-state index contributed by atoms with van der Waals surface area (Å²) in [5.74, 6) is -1.86. The van der Waals surface area contributed by atoms with Gasteiger partial charge < -0.3 is 10.2 Å². The van der Waals surface area contributed by atoms with Gasteiger partial charge in [-0.1, -0.05) is 12.1 Å². The number of alkyl halides is 3. The van der Waals surface area contributed by atoms with Crippen molar-refractivity contribution in [2.75, 3.05) is 29.0 Å². The monoisotopic (exact) mass is 528 g/mol. The van der Waals surface area contributed by atoms with Gasteiger partial charge in [0.25, 0.3) is 0 Å². The highest BCUT2D eigenvalue weighted by Gasteiger charge is 2.45. The second kappa shape index (κ2) is 9.53. The average Bonchev–Trinajstić information content (AvgIpc) is 3.56. The van der Waals surface area contributed by atoms with Crippen molar-refractivity contribution in [1.29, 1.82) is 0 Å². The number of sulfonamides is 1. The Balaban J connectivity index is 1.48. The highest BCUT2D eigenvalue weighted by molar-refractivity contribution is 7.92. The molecule has 1 saturated carbocycles. The molecule has 1 unspecified atom stereocenters. The van der Waals surface area contributed by atoms with Crippen molar-refractivity contribution >= 4 is 27.4 Å². The Bertz CT molecular complexity index is 1250. The van der Waals surface area contributed by atoms with Gasteiger partial charge in [0.1, 0.15) is 17.3 Å². The zero-order valence-corrected chi connectivity index (χ0v) is 20.8. The van der Waals surface area contributed by atoms with Crippen LogP contribution in [0.25, 0.3) is 0 Å². The lowest BCUT2D eigenvalue weighted by Gasteiger charge is -2.34. The van der Waals surface area contributed by atoms with Crippen LogP contribution in [0.2, 0.25) is 0 Å².